The second-order valence-corrected chi connectivity index (χ2v) is 6.90. The number of nitrogen functional groups attached to an aromatic ring is 1. The van der Waals surface area contributed by atoms with Gasteiger partial charge in [-0.25, -0.2) is 0 Å². The number of likely N-dealkylation sites (tertiary alicyclic amines) is 1. The third-order valence-corrected chi connectivity index (χ3v) is 5.06. The summed E-state index contributed by atoms with van der Waals surface area (Å²) >= 11 is 0. The lowest BCUT2D eigenvalue weighted by Crippen LogP contribution is -2.39. The summed E-state index contributed by atoms with van der Waals surface area (Å²) in [6.45, 7) is 4.82. The van der Waals surface area contributed by atoms with Gasteiger partial charge in [-0.05, 0) is 30.5 Å². The lowest BCUT2D eigenvalue weighted by molar-refractivity contribution is -0.140. The average molecular weight is 330 g/mol. The van der Waals surface area contributed by atoms with Crippen LogP contribution >= 0.6 is 0 Å². The predicted molar refractivity (Wildman–Crippen MR) is 97.5 cm³/mol. The van der Waals surface area contributed by atoms with Crippen LogP contribution in [0.4, 0.5) is 5.69 Å². The number of nitrogens with zero attached hydrogens (tertiary/aromatic N) is 1. The van der Waals surface area contributed by atoms with E-state index in [1.54, 1.807) is 0 Å². The molecule has 0 radical (unpaired) electrons. The number of carbonyl (C=O) groups excluding carboxylic acids is 2. The molecule has 132 valence electrons. The van der Waals surface area contributed by atoms with Crippen LogP contribution in [0.2, 0.25) is 0 Å². The lowest BCUT2D eigenvalue weighted by atomic mass is 9.74. The first-order valence-corrected chi connectivity index (χ1v) is 9.26. The molecule has 1 unspecified atom stereocenters. The third kappa shape index (κ3) is 3.80. The van der Waals surface area contributed by atoms with Crippen LogP contribution in [0, 0.1) is 0 Å². The first-order chi connectivity index (χ1) is 11.5. The van der Waals surface area contributed by atoms with Gasteiger partial charge in [-0.1, -0.05) is 58.1 Å². The summed E-state index contributed by atoms with van der Waals surface area (Å²) in [5.41, 5.74) is 6.72. The van der Waals surface area contributed by atoms with Crippen LogP contribution in [0.5, 0.6) is 0 Å². The largest absolute Gasteiger partial charge is 0.399 e. The van der Waals surface area contributed by atoms with E-state index in [1.807, 2.05) is 24.3 Å². The number of anilines is 1. The number of unbranched alkanes of at least 4 members (excludes halogenated alkanes) is 4. The van der Waals surface area contributed by atoms with Crippen molar-refractivity contribution in [1.29, 1.82) is 0 Å². The summed E-state index contributed by atoms with van der Waals surface area (Å²) in [4.78, 5) is 27.2. The molecule has 1 atom stereocenters. The summed E-state index contributed by atoms with van der Waals surface area (Å²) < 4.78 is 0. The molecule has 2 N–H and O–H groups in total. The molecule has 4 nitrogen and oxygen atoms in total. The number of rotatable bonds is 9. The fourth-order valence-corrected chi connectivity index (χ4v) is 3.59. The maximum Gasteiger partial charge on any atom is 0.240 e. The SMILES string of the molecule is CCCCCN1C(=O)CC(CCCCC)(c2ccc(N)cc2)C1=O. The number of benzene rings is 1. The van der Waals surface area contributed by atoms with Crippen LogP contribution in [-0.2, 0) is 15.0 Å². The summed E-state index contributed by atoms with van der Waals surface area (Å²) in [7, 11) is 0. The number of hydrogen-bond donors (Lipinski definition) is 1. The molecule has 1 aromatic carbocycles. The van der Waals surface area contributed by atoms with Gasteiger partial charge >= 0.3 is 0 Å². The molecule has 0 aliphatic carbocycles. The Labute approximate surface area is 145 Å². The second-order valence-electron chi connectivity index (χ2n) is 6.90. The number of amides is 2. The molecule has 24 heavy (non-hydrogen) atoms. The quantitative estimate of drug-likeness (QED) is 0.422. The van der Waals surface area contributed by atoms with E-state index >= 15 is 0 Å². The van der Waals surface area contributed by atoms with Gasteiger partial charge in [0.05, 0.1) is 5.41 Å². The van der Waals surface area contributed by atoms with Gasteiger partial charge in [0.25, 0.3) is 0 Å². The van der Waals surface area contributed by atoms with Crippen molar-refractivity contribution in [2.75, 3.05) is 12.3 Å². The van der Waals surface area contributed by atoms with Crippen LogP contribution in [0.3, 0.4) is 0 Å². The Hall–Kier alpha value is -1.84. The Morgan fingerprint density at radius 3 is 2.25 bits per heavy atom. The van der Waals surface area contributed by atoms with Crippen LogP contribution in [0.15, 0.2) is 24.3 Å². The molecule has 4 heteroatoms. The fraction of sp³-hybridized carbons (Fsp3) is 0.600. The zero-order valence-corrected chi connectivity index (χ0v) is 15.0. The van der Waals surface area contributed by atoms with Gasteiger partial charge in [-0.15, -0.1) is 0 Å². The summed E-state index contributed by atoms with van der Waals surface area (Å²) in [6, 6.07) is 7.49. The smallest absolute Gasteiger partial charge is 0.240 e. The van der Waals surface area contributed by atoms with E-state index in [0.29, 0.717) is 18.7 Å². The van der Waals surface area contributed by atoms with Crippen molar-refractivity contribution in [2.24, 2.45) is 0 Å². The lowest BCUT2D eigenvalue weighted by Gasteiger charge is -2.28. The first-order valence-electron chi connectivity index (χ1n) is 9.26. The monoisotopic (exact) mass is 330 g/mol. The Morgan fingerprint density at radius 1 is 1.00 bits per heavy atom. The van der Waals surface area contributed by atoms with Gasteiger partial charge in [0.2, 0.25) is 11.8 Å². The van der Waals surface area contributed by atoms with E-state index in [0.717, 1.165) is 50.5 Å². The predicted octanol–water partition coefficient (Wildman–Crippen LogP) is 4.04. The van der Waals surface area contributed by atoms with Crippen molar-refractivity contribution in [3.05, 3.63) is 29.8 Å². The normalized spacial score (nSPS) is 20.8. The number of nitrogens with two attached hydrogens (primary N) is 1. The van der Waals surface area contributed by atoms with Crippen molar-refractivity contribution in [3.8, 4) is 0 Å². The van der Waals surface area contributed by atoms with Crippen molar-refractivity contribution in [1.82, 2.24) is 4.90 Å². The molecular weight excluding hydrogens is 300 g/mol. The van der Waals surface area contributed by atoms with Crippen molar-refractivity contribution in [2.45, 2.75) is 70.6 Å². The topological polar surface area (TPSA) is 63.4 Å². The first kappa shape index (κ1) is 18.5. The number of hydrogen-bond acceptors (Lipinski definition) is 3. The van der Waals surface area contributed by atoms with E-state index in [2.05, 4.69) is 13.8 Å². The summed E-state index contributed by atoms with van der Waals surface area (Å²) in [6.07, 6.45) is 7.18. The highest BCUT2D eigenvalue weighted by atomic mass is 16.2. The minimum atomic E-state index is -0.688. The van der Waals surface area contributed by atoms with Crippen LogP contribution < -0.4 is 5.73 Å². The highest BCUT2D eigenvalue weighted by molar-refractivity contribution is 6.09. The molecule has 1 heterocycles. The van der Waals surface area contributed by atoms with E-state index in [-0.39, 0.29) is 11.8 Å². The van der Waals surface area contributed by atoms with Gasteiger partial charge in [-0.2, -0.15) is 0 Å². The molecule has 0 bridgehead atoms. The number of carbonyl (C=O) groups is 2. The van der Waals surface area contributed by atoms with Crippen LogP contribution in [0.25, 0.3) is 0 Å². The maximum atomic E-state index is 13.2. The molecule has 1 fully saturated rings. The van der Waals surface area contributed by atoms with Gasteiger partial charge in [0, 0.05) is 18.7 Å². The molecule has 1 saturated heterocycles. The minimum Gasteiger partial charge on any atom is -0.399 e. The second kappa shape index (κ2) is 8.32. The molecule has 1 aliphatic heterocycles. The van der Waals surface area contributed by atoms with Crippen molar-refractivity contribution < 1.29 is 9.59 Å². The summed E-state index contributed by atoms with van der Waals surface area (Å²) in [5, 5.41) is 0. The summed E-state index contributed by atoms with van der Waals surface area (Å²) in [5.74, 6) is -0.0334. The molecule has 1 aromatic rings. The zero-order valence-electron chi connectivity index (χ0n) is 15.0. The standard InChI is InChI=1S/C20H30N2O2/c1-3-5-7-13-20(16-9-11-17(21)12-10-16)15-18(23)22(19(20)24)14-8-6-4-2/h9-12H,3-8,13-15,21H2,1-2H3. The molecule has 0 spiro atoms. The molecule has 0 aromatic heterocycles. The highest BCUT2D eigenvalue weighted by Gasteiger charge is 2.51. The zero-order chi connectivity index (χ0) is 17.6. The molecule has 0 saturated carbocycles. The number of imide groups is 1. The Kier molecular flexibility index (Phi) is 6.41. The highest BCUT2D eigenvalue weighted by Crippen LogP contribution is 2.41. The van der Waals surface area contributed by atoms with Crippen molar-refractivity contribution >= 4 is 17.5 Å². The Bertz CT molecular complexity index is 568. The van der Waals surface area contributed by atoms with E-state index in [4.69, 9.17) is 5.73 Å². The molecule has 2 amide bonds. The van der Waals surface area contributed by atoms with E-state index in [9.17, 15) is 9.59 Å². The Balaban J connectivity index is 2.27. The van der Waals surface area contributed by atoms with Gasteiger partial charge in [-0.3, -0.25) is 14.5 Å². The van der Waals surface area contributed by atoms with Gasteiger partial charge in [0.15, 0.2) is 0 Å². The van der Waals surface area contributed by atoms with E-state index in [1.165, 1.54) is 4.90 Å². The van der Waals surface area contributed by atoms with Crippen molar-refractivity contribution in [3.63, 3.8) is 0 Å². The third-order valence-electron chi connectivity index (χ3n) is 5.06. The molecular formula is C20H30N2O2. The van der Waals surface area contributed by atoms with Crippen LogP contribution in [0.1, 0.15) is 70.8 Å². The van der Waals surface area contributed by atoms with Gasteiger partial charge < -0.3 is 5.73 Å². The molecule has 1 aliphatic rings. The average Bonchev–Trinajstić information content (AvgIpc) is 2.81. The van der Waals surface area contributed by atoms with Gasteiger partial charge in [0.1, 0.15) is 0 Å². The van der Waals surface area contributed by atoms with E-state index < -0.39 is 5.41 Å². The minimum absolute atomic E-state index is 0.00974. The maximum absolute atomic E-state index is 13.2. The molecule has 2 rings (SSSR count). The fourth-order valence-electron chi connectivity index (χ4n) is 3.59. The Morgan fingerprint density at radius 2 is 1.62 bits per heavy atom. The van der Waals surface area contributed by atoms with Crippen LogP contribution in [-0.4, -0.2) is 23.3 Å².